The van der Waals surface area contributed by atoms with Crippen LogP contribution >= 0.6 is 0 Å². The first-order chi connectivity index (χ1) is 16.0. The number of amides is 3. The normalized spacial score (nSPS) is 13.6. The molecule has 1 aromatic heterocycles. The number of pyridine rings is 1. The van der Waals surface area contributed by atoms with Gasteiger partial charge in [-0.05, 0) is 24.3 Å². The van der Waals surface area contributed by atoms with Crippen LogP contribution in [0.5, 0.6) is 11.5 Å². The van der Waals surface area contributed by atoms with Gasteiger partial charge in [-0.2, -0.15) is 0 Å². The average molecular weight is 448 g/mol. The first-order valence-corrected chi connectivity index (χ1v) is 10.5. The average Bonchev–Trinajstić information content (AvgIpc) is 2.83. The second kappa shape index (κ2) is 9.56. The lowest BCUT2D eigenvalue weighted by molar-refractivity contribution is -0.132. The number of fused-ring (bicyclic) bond motifs is 1. The van der Waals surface area contributed by atoms with E-state index in [0.717, 1.165) is 0 Å². The van der Waals surface area contributed by atoms with Crippen LogP contribution < -0.4 is 15.2 Å². The first-order valence-electron chi connectivity index (χ1n) is 10.5. The number of nitrogens with two attached hydrogens (primary N) is 1. The van der Waals surface area contributed by atoms with E-state index in [1.807, 2.05) is 18.2 Å². The van der Waals surface area contributed by atoms with Crippen molar-refractivity contribution in [2.24, 2.45) is 5.73 Å². The minimum atomic E-state index is -0.707. The topological polar surface area (TPSA) is 115 Å². The molecule has 170 valence electrons. The van der Waals surface area contributed by atoms with E-state index in [4.69, 9.17) is 15.2 Å². The lowest BCUT2D eigenvalue weighted by Gasteiger charge is -2.34. The Labute approximate surface area is 190 Å². The molecule has 1 aliphatic rings. The van der Waals surface area contributed by atoms with Gasteiger partial charge in [-0.3, -0.25) is 14.6 Å². The van der Waals surface area contributed by atoms with Crippen molar-refractivity contribution in [3.8, 4) is 11.5 Å². The van der Waals surface area contributed by atoms with Crippen LogP contribution in [0.15, 0.2) is 54.6 Å². The van der Waals surface area contributed by atoms with Crippen molar-refractivity contribution in [1.82, 2.24) is 14.8 Å². The van der Waals surface area contributed by atoms with Gasteiger partial charge in [0.25, 0.3) is 5.91 Å². The maximum Gasteiger partial charge on any atom is 0.415 e. The zero-order chi connectivity index (χ0) is 23.4. The number of piperazine rings is 1. The number of hydrogen-bond acceptors (Lipinski definition) is 6. The van der Waals surface area contributed by atoms with Gasteiger partial charge in [0.1, 0.15) is 17.1 Å². The second-order valence-electron chi connectivity index (χ2n) is 7.57. The number of carbonyl (C=O) groups is 3. The van der Waals surface area contributed by atoms with Crippen LogP contribution in [-0.4, -0.2) is 66.0 Å². The van der Waals surface area contributed by atoms with Crippen molar-refractivity contribution in [2.75, 3.05) is 33.3 Å². The summed E-state index contributed by atoms with van der Waals surface area (Å²) in [6.45, 7) is 1.38. The molecule has 1 fully saturated rings. The smallest absolute Gasteiger partial charge is 0.415 e. The van der Waals surface area contributed by atoms with Gasteiger partial charge >= 0.3 is 6.09 Å². The van der Waals surface area contributed by atoms with Gasteiger partial charge in [-0.1, -0.05) is 30.3 Å². The highest BCUT2D eigenvalue weighted by Gasteiger charge is 2.28. The van der Waals surface area contributed by atoms with Crippen LogP contribution in [0.25, 0.3) is 10.9 Å². The summed E-state index contributed by atoms with van der Waals surface area (Å²) >= 11 is 0. The molecule has 0 unspecified atom stereocenters. The van der Waals surface area contributed by atoms with E-state index in [2.05, 4.69) is 4.98 Å². The van der Waals surface area contributed by atoms with Gasteiger partial charge in [-0.25, -0.2) is 4.79 Å². The van der Waals surface area contributed by atoms with Crippen molar-refractivity contribution in [3.63, 3.8) is 0 Å². The molecule has 1 aliphatic heterocycles. The summed E-state index contributed by atoms with van der Waals surface area (Å²) in [6, 6.07) is 16.0. The van der Waals surface area contributed by atoms with Gasteiger partial charge < -0.3 is 25.0 Å². The van der Waals surface area contributed by atoms with E-state index in [1.54, 1.807) is 46.2 Å². The van der Waals surface area contributed by atoms with Crippen molar-refractivity contribution in [1.29, 1.82) is 0 Å². The van der Waals surface area contributed by atoms with Gasteiger partial charge in [0.05, 0.1) is 24.7 Å². The highest BCUT2D eigenvalue weighted by molar-refractivity contribution is 6.03. The molecule has 9 heteroatoms. The summed E-state index contributed by atoms with van der Waals surface area (Å²) in [5, 5.41) is 0.649. The molecule has 2 N–H and O–H groups in total. The highest BCUT2D eigenvalue weighted by Crippen LogP contribution is 2.31. The number of benzene rings is 2. The standard InChI is InChI=1S/C24H24N4O5/c1-32-22-17-9-5-6-10-18(17)26-19(21(22)23(25)30)15-20(29)27-11-13-28(14-12-27)24(31)33-16-7-3-2-4-8-16/h2-10H,11-15H2,1H3,(H2,25,30). The third-order valence-corrected chi connectivity index (χ3v) is 5.53. The monoisotopic (exact) mass is 448 g/mol. The Bertz CT molecular complexity index is 1190. The number of aromatic nitrogens is 1. The Morgan fingerprint density at radius 1 is 0.939 bits per heavy atom. The maximum absolute atomic E-state index is 13.0. The molecular formula is C24H24N4O5. The third kappa shape index (κ3) is 4.72. The molecule has 2 heterocycles. The van der Waals surface area contributed by atoms with Gasteiger partial charge in [0.2, 0.25) is 5.91 Å². The Morgan fingerprint density at radius 3 is 2.24 bits per heavy atom. The summed E-state index contributed by atoms with van der Waals surface area (Å²) in [4.78, 5) is 45.3. The molecule has 3 aromatic rings. The Morgan fingerprint density at radius 2 is 1.58 bits per heavy atom. The highest BCUT2D eigenvalue weighted by atomic mass is 16.6. The molecule has 0 aliphatic carbocycles. The number of rotatable bonds is 5. The molecule has 33 heavy (non-hydrogen) atoms. The lowest BCUT2D eigenvalue weighted by Crippen LogP contribution is -2.51. The third-order valence-electron chi connectivity index (χ3n) is 5.53. The van der Waals surface area contributed by atoms with Crippen LogP contribution in [0.3, 0.4) is 0 Å². The van der Waals surface area contributed by atoms with E-state index in [-0.39, 0.29) is 23.6 Å². The summed E-state index contributed by atoms with van der Waals surface area (Å²) in [6.07, 6.45) is -0.557. The summed E-state index contributed by atoms with van der Waals surface area (Å²) in [5.41, 5.74) is 6.59. The lowest BCUT2D eigenvalue weighted by atomic mass is 10.0. The number of hydrogen-bond donors (Lipinski definition) is 1. The summed E-state index contributed by atoms with van der Waals surface area (Å²) < 4.78 is 10.8. The fourth-order valence-corrected chi connectivity index (χ4v) is 3.87. The number of nitrogens with zero attached hydrogens (tertiary/aromatic N) is 3. The Kier molecular flexibility index (Phi) is 6.39. The molecule has 0 bridgehead atoms. The molecule has 0 spiro atoms. The number of para-hydroxylation sites is 2. The van der Waals surface area contributed by atoms with Gasteiger partial charge in [0.15, 0.2) is 0 Å². The maximum atomic E-state index is 13.0. The molecular weight excluding hydrogens is 424 g/mol. The first kappa shape index (κ1) is 22.1. The predicted octanol–water partition coefficient (Wildman–Crippen LogP) is 2.23. The number of methoxy groups -OCH3 is 1. The molecule has 9 nitrogen and oxygen atoms in total. The van der Waals surface area contributed by atoms with Crippen LogP contribution in [-0.2, 0) is 11.2 Å². The van der Waals surface area contributed by atoms with E-state index in [0.29, 0.717) is 48.6 Å². The fourth-order valence-electron chi connectivity index (χ4n) is 3.87. The number of primary amides is 1. The second-order valence-corrected chi connectivity index (χ2v) is 7.57. The Balaban J connectivity index is 1.45. The molecule has 0 atom stereocenters. The van der Waals surface area contributed by atoms with Crippen molar-refractivity contribution < 1.29 is 23.9 Å². The molecule has 1 saturated heterocycles. The summed E-state index contributed by atoms with van der Waals surface area (Å²) in [5.74, 6) is -0.138. The van der Waals surface area contributed by atoms with Crippen LogP contribution in [0, 0.1) is 0 Å². The quantitative estimate of drug-likeness (QED) is 0.640. The molecule has 0 radical (unpaired) electrons. The van der Waals surface area contributed by atoms with E-state index in [9.17, 15) is 14.4 Å². The van der Waals surface area contributed by atoms with Crippen molar-refractivity contribution in [3.05, 3.63) is 65.9 Å². The van der Waals surface area contributed by atoms with E-state index in [1.165, 1.54) is 7.11 Å². The summed E-state index contributed by atoms with van der Waals surface area (Å²) in [7, 11) is 1.45. The minimum Gasteiger partial charge on any atom is -0.495 e. The molecule has 2 aromatic carbocycles. The number of carbonyl (C=O) groups excluding carboxylic acids is 3. The van der Waals surface area contributed by atoms with E-state index < -0.39 is 12.0 Å². The minimum absolute atomic E-state index is 0.103. The van der Waals surface area contributed by atoms with Crippen LogP contribution in [0.1, 0.15) is 16.1 Å². The van der Waals surface area contributed by atoms with Gasteiger partial charge in [0, 0.05) is 31.6 Å². The van der Waals surface area contributed by atoms with E-state index >= 15 is 0 Å². The molecule has 3 amide bonds. The number of ether oxygens (including phenoxy) is 2. The zero-order valence-corrected chi connectivity index (χ0v) is 18.2. The Hall–Kier alpha value is -4.14. The molecule has 0 saturated carbocycles. The fraction of sp³-hybridized carbons (Fsp3) is 0.250. The predicted molar refractivity (Wildman–Crippen MR) is 121 cm³/mol. The SMILES string of the molecule is COc1c(C(N)=O)c(CC(=O)N2CCN(C(=O)Oc3ccccc3)CC2)nc2ccccc12. The zero-order valence-electron chi connectivity index (χ0n) is 18.2. The van der Waals surface area contributed by atoms with Crippen molar-refractivity contribution >= 4 is 28.8 Å². The largest absolute Gasteiger partial charge is 0.495 e. The van der Waals surface area contributed by atoms with Crippen LogP contribution in [0.4, 0.5) is 4.79 Å². The van der Waals surface area contributed by atoms with Gasteiger partial charge in [-0.15, -0.1) is 0 Å². The van der Waals surface area contributed by atoms with Crippen molar-refractivity contribution in [2.45, 2.75) is 6.42 Å². The molecule has 4 rings (SSSR count). The van der Waals surface area contributed by atoms with Crippen LogP contribution in [0.2, 0.25) is 0 Å².